The number of carbonyl (C=O) groups excluding carboxylic acids is 1. The van der Waals surface area contributed by atoms with Crippen molar-refractivity contribution in [2.45, 2.75) is 31.8 Å². The molecule has 11 nitrogen and oxygen atoms in total. The van der Waals surface area contributed by atoms with Crippen molar-refractivity contribution in [3.8, 4) is 0 Å². The lowest BCUT2D eigenvalue weighted by atomic mass is 10.0. The molecule has 0 radical (unpaired) electrons. The molecule has 13 heteroatoms. The molecule has 2 amide bonds. The molecule has 0 unspecified atom stereocenters. The van der Waals surface area contributed by atoms with E-state index < -0.39 is 35.7 Å². The van der Waals surface area contributed by atoms with E-state index in [2.05, 4.69) is 25.9 Å². The van der Waals surface area contributed by atoms with Crippen molar-refractivity contribution in [1.29, 1.82) is 0 Å². The van der Waals surface area contributed by atoms with E-state index in [-0.39, 0.29) is 34.6 Å². The molecule has 2 aromatic heterocycles. The van der Waals surface area contributed by atoms with E-state index in [4.69, 9.17) is 15.6 Å². The van der Waals surface area contributed by atoms with Crippen LogP contribution in [0.5, 0.6) is 0 Å². The van der Waals surface area contributed by atoms with Gasteiger partial charge in [-0.25, -0.2) is 23.5 Å². The number of halogens is 2. The first-order chi connectivity index (χ1) is 16.7. The number of aromatic nitrogens is 2. The minimum absolute atomic E-state index is 0.0197. The Bertz CT molecular complexity index is 1110. The average molecular weight is 491 g/mol. The zero-order chi connectivity index (χ0) is 25.1. The van der Waals surface area contributed by atoms with Gasteiger partial charge >= 0.3 is 6.09 Å². The number of ether oxygens (including phenoxy) is 1. The van der Waals surface area contributed by atoms with E-state index in [0.29, 0.717) is 26.3 Å². The Balaban J connectivity index is 1.64. The van der Waals surface area contributed by atoms with Crippen LogP contribution in [0.15, 0.2) is 18.3 Å². The van der Waals surface area contributed by atoms with E-state index >= 15 is 4.39 Å². The molecule has 6 N–H and O–H groups in total. The third-order valence-corrected chi connectivity index (χ3v) is 6.00. The largest absolute Gasteiger partial charge is 0.465 e. The van der Waals surface area contributed by atoms with Crippen LogP contribution in [-0.4, -0.2) is 65.5 Å². The Morgan fingerprint density at radius 2 is 1.97 bits per heavy atom. The standard InChI is InChI=1S/C22H27F2N7O4/c1-11(27-22(33)34)17(12-2-3-12)29-20-14(23)10-13(18(25)32)19(30-20)28-15-4-5-26-21(16(15)24)31-6-8-35-9-7-31/h4-5,10-12,17,27H,2-3,6-9H2,1H3,(H2,25,32)(H,33,34)(H2,26,28,29,30)/t11-,17-/m0/s1. The highest BCUT2D eigenvalue weighted by Crippen LogP contribution is 2.36. The maximum Gasteiger partial charge on any atom is 0.404 e. The molecular formula is C22H27F2N7O4. The van der Waals surface area contributed by atoms with Crippen molar-refractivity contribution in [2.75, 3.05) is 41.8 Å². The summed E-state index contributed by atoms with van der Waals surface area (Å²) in [6, 6.07) is 1.31. The maximum atomic E-state index is 15.3. The van der Waals surface area contributed by atoms with E-state index in [1.165, 1.54) is 12.3 Å². The summed E-state index contributed by atoms with van der Waals surface area (Å²) in [5, 5.41) is 17.1. The minimum atomic E-state index is -1.20. The monoisotopic (exact) mass is 491 g/mol. The van der Waals surface area contributed by atoms with E-state index in [9.17, 15) is 14.0 Å². The van der Waals surface area contributed by atoms with Gasteiger partial charge in [0, 0.05) is 25.3 Å². The van der Waals surface area contributed by atoms with Crippen molar-refractivity contribution < 1.29 is 28.2 Å². The predicted octanol–water partition coefficient (Wildman–Crippen LogP) is 2.28. The summed E-state index contributed by atoms with van der Waals surface area (Å²) in [7, 11) is 0. The molecule has 35 heavy (non-hydrogen) atoms. The Hall–Kier alpha value is -3.74. The van der Waals surface area contributed by atoms with Crippen LogP contribution in [0.2, 0.25) is 0 Å². The quantitative estimate of drug-likeness (QED) is 0.355. The van der Waals surface area contributed by atoms with Gasteiger partial charge in [0.05, 0.1) is 30.5 Å². The van der Waals surface area contributed by atoms with Crippen molar-refractivity contribution in [3.05, 3.63) is 35.5 Å². The molecule has 0 bridgehead atoms. The highest BCUT2D eigenvalue weighted by Gasteiger charge is 2.36. The van der Waals surface area contributed by atoms with Gasteiger partial charge in [-0.3, -0.25) is 4.79 Å². The summed E-state index contributed by atoms with van der Waals surface area (Å²) in [5.41, 5.74) is 5.14. The molecule has 2 fully saturated rings. The lowest BCUT2D eigenvalue weighted by Gasteiger charge is -2.28. The molecular weight excluding hydrogens is 464 g/mol. The number of anilines is 4. The fourth-order valence-corrected chi connectivity index (χ4v) is 4.07. The summed E-state index contributed by atoms with van der Waals surface area (Å²) >= 11 is 0. The number of hydrogen-bond donors (Lipinski definition) is 5. The molecule has 1 saturated heterocycles. The number of hydrogen-bond acceptors (Lipinski definition) is 8. The molecule has 0 spiro atoms. The molecule has 188 valence electrons. The Morgan fingerprint density at radius 3 is 2.60 bits per heavy atom. The molecule has 3 heterocycles. The second-order valence-electron chi connectivity index (χ2n) is 8.55. The second-order valence-corrected chi connectivity index (χ2v) is 8.55. The van der Waals surface area contributed by atoms with Gasteiger partial charge in [-0.1, -0.05) is 0 Å². The molecule has 1 aliphatic heterocycles. The van der Waals surface area contributed by atoms with Crippen LogP contribution in [0.4, 0.5) is 36.7 Å². The van der Waals surface area contributed by atoms with Gasteiger partial charge in [0.25, 0.3) is 5.91 Å². The first-order valence-electron chi connectivity index (χ1n) is 11.2. The fraction of sp³-hybridized carbons (Fsp3) is 0.455. The molecule has 1 saturated carbocycles. The zero-order valence-electron chi connectivity index (χ0n) is 19.1. The second kappa shape index (κ2) is 10.3. The molecule has 0 aromatic carbocycles. The van der Waals surface area contributed by atoms with E-state index in [1.54, 1.807) is 11.8 Å². The number of nitrogens with zero attached hydrogens (tertiary/aromatic N) is 3. The Kier molecular flexibility index (Phi) is 7.15. The van der Waals surface area contributed by atoms with Crippen molar-refractivity contribution in [2.24, 2.45) is 11.7 Å². The first-order valence-corrected chi connectivity index (χ1v) is 11.2. The lowest BCUT2D eigenvalue weighted by Crippen LogP contribution is -2.45. The number of carbonyl (C=O) groups is 2. The highest BCUT2D eigenvalue weighted by atomic mass is 19.1. The topological polar surface area (TPSA) is 155 Å². The molecule has 2 aliphatic rings. The SMILES string of the molecule is C[C@H](NC(=O)O)[C@H](Nc1nc(Nc2ccnc(N3CCOCC3)c2F)c(C(N)=O)cc1F)C1CC1. The number of carboxylic acid groups (broad SMARTS) is 1. The predicted molar refractivity (Wildman–Crippen MR) is 124 cm³/mol. The Morgan fingerprint density at radius 1 is 1.26 bits per heavy atom. The van der Waals surface area contributed by atoms with Crippen LogP contribution in [0, 0.1) is 17.6 Å². The molecule has 2 atom stereocenters. The van der Waals surface area contributed by atoms with Crippen molar-refractivity contribution in [1.82, 2.24) is 15.3 Å². The number of amides is 2. The average Bonchev–Trinajstić information content (AvgIpc) is 3.65. The van der Waals surface area contributed by atoms with Gasteiger partial charge in [-0.05, 0) is 37.8 Å². The van der Waals surface area contributed by atoms with Crippen molar-refractivity contribution in [3.63, 3.8) is 0 Å². The van der Waals surface area contributed by atoms with Crippen LogP contribution in [0.1, 0.15) is 30.1 Å². The first kappa shape index (κ1) is 24.4. The number of nitrogens with one attached hydrogen (secondary N) is 3. The van der Waals surface area contributed by atoms with Crippen LogP contribution in [0.25, 0.3) is 0 Å². The number of primary amides is 1. The molecule has 2 aromatic rings. The number of nitrogens with two attached hydrogens (primary N) is 1. The Labute approximate surface area is 200 Å². The van der Waals surface area contributed by atoms with Crippen LogP contribution >= 0.6 is 0 Å². The zero-order valence-corrected chi connectivity index (χ0v) is 19.1. The summed E-state index contributed by atoms with van der Waals surface area (Å²) in [4.78, 5) is 33.1. The summed E-state index contributed by atoms with van der Waals surface area (Å²) in [5.74, 6) is -2.58. The fourth-order valence-electron chi connectivity index (χ4n) is 4.07. The van der Waals surface area contributed by atoms with Crippen LogP contribution in [-0.2, 0) is 4.74 Å². The van der Waals surface area contributed by atoms with Gasteiger partial charge in [-0.15, -0.1) is 0 Å². The number of pyridine rings is 2. The lowest BCUT2D eigenvalue weighted by molar-refractivity contribution is 0.1000. The smallest absolute Gasteiger partial charge is 0.404 e. The summed E-state index contributed by atoms with van der Waals surface area (Å²) in [6.45, 7) is 3.48. The van der Waals surface area contributed by atoms with Gasteiger partial charge in [0.2, 0.25) is 0 Å². The molecule has 1 aliphatic carbocycles. The van der Waals surface area contributed by atoms with E-state index in [1.807, 2.05) is 0 Å². The van der Waals surface area contributed by atoms with Crippen LogP contribution < -0.4 is 26.6 Å². The summed E-state index contributed by atoms with van der Waals surface area (Å²) in [6.07, 6.45) is 1.91. The highest BCUT2D eigenvalue weighted by molar-refractivity contribution is 5.98. The third-order valence-electron chi connectivity index (χ3n) is 6.00. The number of morpholine rings is 1. The van der Waals surface area contributed by atoms with Crippen molar-refractivity contribution >= 4 is 35.1 Å². The normalized spacial score (nSPS) is 17.4. The van der Waals surface area contributed by atoms with Gasteiger partial charge < -0.3 is 36.4 Å². The van der Waals surface area contributed by atoms with Gasteiger partial charge in [-0.2, -0.15) is 0 Å². The minimum Gasteiger partial charge on any atom is -0.465 e. The van der Waals surface area contributed by atoms with Gasteiger partial charge in [0.1, 0.15) is 5.82 Å². The molecule has 4 rings (SSSR count). The van der Waals surface area contributed by atoms with Crippen LogP contribution in [0.3, 0.4) is 0 Å². The van der Waals surface area contributed by atoms with E-state index in [0.717, 1.165) is 18.9 Å². The summed E-state index contributed by atoms with van der Waals surface area (Å²) < 4.78 is 35.5. The maximum absolute atomic E-state index is 15.3. The number of rotatable bonds is 9. The van der Waals surface area contributed by atoms with Gasteiger partial charge in [0.15, 0.2) is 23.3 Å². The third kappa shape index (κ3) is 5.67.